The maximum atomic E-state index is 13.1. The van der Waals surface area contributed by atoms with Crippen molar-refractivity contribution in [2.24, 2.45) is 0 Å². The third kappa shape index (κ3) is 2.11. The number of aromatic amines is 1. The van der Waals surface area contributed by atoms with Gasteiger partial charge in [-0.05, 0) is 12.8 Å². The highest BCUT2D eigenvalue weighted by atomic mass is 32.1. The molecule has 0 aliphatic carbocycles. The first-order chi connectivity index (χ1) is 5.75. The minimum absolute atomic E-state index is 0.0554. The number of H-pyrrole nitrogens is 1. The summed E-state index contributed by atoms with van der Waals surface area (Å²) in [5.41, 5.74) is 0.567. The molecule has 0 aliphatic heterocycles. The Hall–Kier alpha value is -0.770. The Morgan fingerprint density at radius 1 is 1.67 bits per heavy atom. The maximum absolute atomic E-state index is 13.1. The summed E-state index contributed by atoms with van der Waals surface area (Å²) in [5, 5.41) is 0. The molecular weight excluding hydrogens is 175 g/mol. The van der Waals surface area contributed by atoms with Crippen LogP contribution in [-0.4, -0.2) is 9.97 Å². The third-order valence-corrected chi connectivity index (χ3v) is 1.94. The largest absolute Gasteiger partial charge is 0.347 e. The Bertz CT molecular complexity index is 308. The topological polar surface area (TPSA) is 28.7 Å². The summed E-state index contributed by atoms with van der Waals surface area (Å²) in [5.74, 6) is -0.374. The lowest BCUT2D eigenvalue weighted by atomic mass is 10.2. The molecule has 0 atom stereocenters. The van der Waals surface area contributed by atoms with Gasteiger partial charge in [0, 0.05) is 0 Å². The van der Waals surface area contributed by atoms with E-state index in [0.717, 1.165) is 12.8 Å². The van der Waals surface area contributed by atoms with Gasteiger partial charge in [0.2, 0.25) is 0 Å². The highest BCUT2D eigenvalue weighted by Crippen LogP contribution is 2.06. The second-order valence-electron chi connectivity index (χ2n) is 2.60. The van der Waals surface area contributed by atoms with Gasteiger partial charge in [0.25, 0.3) is 0 Å². The lowest BCUT2D eigenvalue weighted by Crippen LogP contribution is -1.97. The maximum Gasteiger partial charge on any atom is 0.179 e. The van der Waals surface area contributed by atoms with Crippen LogP contribution < -0.4 is 0 Å². The van der Waals surface area contributed by atoms with E-state index in [1.54, 1.807) is 0 Å². The molecule has 0 saturated carbocycles. The lowest BCUT2D eigenvalue weighted by molar-refractivity contribution is 0.578. The number of halogens is 1. The van der Waals surface area contributed by atoms with Crippen LogP contribution in [0, 0.1) is 10.5 Å². The smallest absolute Gasteiger partial charge is 0.179 e. The molecule has 0 spiro atoms. The van der Waals surface area contributed by atoms with E-state index in [0.29, 0.717) is 12.1 Å². The zero-order valence-electron chi connectivity index (χ0n) is 6.93. The van der Waals surface area contributed by atoms with Gasteiger partial charge in [0.05, 0.1) is 12.0 Å². The van der Waals surface area contributed by atoms with Crippen molar-refractivity contribution >= 4 is 12.2 Å². The second kappa shape index (κ2) is 4.30. The Morgan fingerprint density at radius 2 is 2.42 bits per heavy atom. The van der Waals surface area contributed by atoms with Gasteiger partial charge in [-0.1, -0.05) is 25.6 Å². The SMILES string of the molecule is CCCCc1[nH]cnc(=S)c1F. The van der Waals surface area contributed by atoms with E-state index in [1.165, 1.54) is 6.33 Å². The monoisotopic (exact) mass is 186 g/mol. The summed E-state index contributed by atoms with van der Waals surface area (Å²) in [7, 11) is 0. The van der Waals surface area contributed by atoms with E-state index < -0.39 is 0 Å². The number of nitrogens with zero attached hydrogens (tertiary/aromatic N) is 1. The van der Waals surface area contributed by atoms with Crippen molar-refractivity contribution in [3.63, 3.8) is 0 Å². The first-order valence-corrected chi connectivity index (χ1v) is 4.38. The van der Waals surface area contributed by atoms with E-state index in [9.17, 15) is 4.39 Å². The summed E-state index contributed by atoms with van der Waals surface area (Å²) in [6, 6.07) is 0. The fourth-order valence-electron chi connectivity index (χ4n) is 0.953. The second-order valence-corrected chi connectivity index (χ2v) is 2.99. The fourth-order valence-corrected chi connectivity index (χ4v) is 1.13. The van der Waals surface area contributed by atoms with Crippen LogP contribution in [0.3, 0.4) is 0 Å². The minimum Gasteiger partial charge on any atom is -0.347 e. The zero-order valence-corrected chi connectivity index (χ0v) is 7.75. The van der Waals surface area contributed by atoms with E-state index in [2.05, 4.69) is 29.1 Å². The van der Waals surface area contributed by atoms with Crippen molar-refractivity contribution in [3.8, 4) is 0 Å². The average Bonchev–Trinajstić information content (AvgIpc) is 2.08. The third-order valence-electron chi connectivity index (χ3n) is 1.65. The van der Waals surface area contributed by atoms with Crippen LogP contribution in [0.2, 0.25) is 0 Å². The number of aromatic nitrogens is 2. The normalized spacial score (nSPS) is 10.2. The molecule has 1 heterocycles. The van der Waals surface area contributed by atoms with Gasteiger partial charge in [0.15, 0.2) is 10.5 Å². The molecule has 1 aromatic heterocycles. The molecule has 2 nitrogen and oxygen atoms in total. The highest BCUT2D eigenvalue weighted by molar-refractivity contribution is 7.71. The average molecular weight is 186 g/mol. The molecule has 0 saturated heterocycles. The van der Waals surface area contributed by atoms with Crippen molar-refractivity contribution in [1.29, 1.82) is 0 Å². The number of nitrogens with one attached hydrogen (secondary N) is 1. The lowest BCUT2D eigenvalue weighted by Gasteiger charge is -2.00. The van der Waals surface area contributed by atoms with Gasteiger partial charge in [-0.15, -0.1) is 0 Å². The van der Waals surface area contributed by atoms with Gasteiger partial charge in [-0.2, -0.15) is 0 Å². The standard InChI is InChI=1S/C8H11FN2S/c1-2-3-4-6-7(9)8(12)11-5-10-6/h5H,2-4H2,1H3,(H,10,11,12). The number of hydrogen-bond donors (Lipinski definition) is 1. The molecular formula is C8H11FN2S. The van der Waals surface area contributed by atoms with Crippen LogP contribution in [0.25, 0.3) is 0 Å². The number of aryl methyl sites for hydroxylation is 1. The molecule has 0 fully saturated rings. The molecule has 0 aliphatic rings. The zero-order chi connectivity index (χ0) is 8.97. The summed E-state index contributed by atoms with van der Waals surface area (Å²) in [6.45, 7) is 2.06. The fraction of sp³-hybridized carbons (Fsp3) is 0.500. The molecule has 0 radical (unpaired) electrons. The van der Waals surface area contributed by atoms with Crippen molar-refractivity contribution < 1.29 is 4.39 Å². The Kier molecular flexibility index (Phi) is 3.34. The summed E-state index contributed by atoms with van der Waals surface area (Å²) in [4.78, 5) is 6.39. The van der Waals surface area contributed by atoms with Gasteiger partial charge < -0.3 is 4.98 Å². The van der Waals surface area contributed by atoms with E-state index >= 15 is 0 Å². The van der Waals surface area contributed by atoms with Crippen molar-refractivity contribution in [3.05, 3.63) is 22.5 Å². The van der Waals surface area contributed by atoms with E-state index in [-0.39, 0.29) is 10.5 Å². The van der Waals surface area contributed by atoms with Crippen molar-refractivity contribution in [2.75, 3.05) is 0 Å². The van der Waals surface area contributed by atoms with Crippen LogP contribution in [0.4, 0.5) is 4.39 Å². The molecule has 0 unspecified atom stereocenters. The Morgan fingerprint density at radius 3 is 3.08 bits per heavy atom. The van der Waals surface area contributed by atoms with Gasteiger partial charge in [-0.3, -0.25) is 0 Å². The number of rotatable bonds is 3. The molecule has 12 heavy (non-hydrogen) atoms. The van der Waals surface area contributed by atoms with Crippen molar-refractivity contribution in [2.45, 2.75) is 26.2 Å². The van der Waals surface area contributed by atoms with Gasteiger partial charge >= 0.3 is 0 Å². The van der Waals surface area contributed by atoms with Crippen LogP contribution in [-0.2, 0) is 6.42 Å². The Labute approximate surface area is 75.9 Å². The number of unbranched alkanes of at least 4 members (excludes halogenated alkanes) is 1. The quantitative estimate of drug-likeness (QED) is 0.735. The van der Waals surface area contributed by atoms with Gasteiger partial charge in [-0.25, -0.2) is 9.37 Å². The highest BCUT2D eigenvalue weighted by Gasteiger charge is 2.02. The summed E-state index contributed by atoms with van der Waals surface area (Å²) in [6.07, 6.45) is 4.15. The van der Waals surface area contributed by atoms with Crippen molar-refractivity contribution in [1.82, 2.24) is 9.97 Å². The first-order valence-electron chi connectivity index (χ1n) is 3.97. The molecule has 0 aromatic carbocycles. The minimum atomic E-state index is -0.374. The number of hydrogen-bond acceptors (Lipinski definition) is 2. The molecule has 1 rings (SSSR count). The first kappa shape index (κ1) is 9.32. The Balaban J connectivity index is 2.85. The molecule has 4 heteroatoms. The van der Waals surface area contributed by atoms with Crippen LogP contribution in [0.15, 0.2) is 6.33 Å². The summed E-state index contributed by atoms with van der Waals surface area (Å²) >= 11 is 4.69. The molecule has 66 valence electrons. The van der Waals surface area contributed by atoms with Gasteiger partial charge in [0.1, 0.15) is 0 Å². The molecule has 0 bridgehead atoms. The molecule has 0 amide bonds. The predicted octanol–water partition coefficient (Wildman–Crippen LogP) is 2.62. The van der Waals surface area contributed by atoms with E-state index in [1.807, 2.05) is 0 Å². The van der Waals surface area contributed by atoms with Crippen LogP contribution >= 0.6 is 12.2 Å². The summed E-state index contributed by atoms with van der Waals surface area (Å²) < 4.78 is 13.2. The van der Waals surface area contributed by atoms with Crippen LogP contribution in [0.1, 0.15) is 25.5 Å². The van der Waals surface area contributed by atoms with Crippen LogP contribution in [0.5, 0.6) is 0 Å². The predicted molar refractivity (Wildman–Crippen MR) is 48.0 cm³/mol. The van der Waals surface area contributed by atoms with E-state index in [4.69, 9.17) is 0 Å². The molecule has 1 aromatic rings. The molecule has 1 N–H and O–H groups in total.